The normalized spacial score (nSPS) is 12.3. The van der Waals surface area contributed by atoms with E-state index in [-0.39, 0.29) is 0 Å². The molecule has 2 aromatic carbocycles. The van der Waals surface area contributed by atoms with Crippen molar-refractivity contribution < 1.29 is 0 Å². The summed E-state index contributed by atoms with van der Waals surface area (Å²) in [6.07, 6.45) is 2.17. The first-order valence-electron chi connectivity index (χ1n) is 10.4. The minimum Gasteiger partial charge on any atom is -0.346 e. The highest BCUT2D eigenvalue weighted by Crippen LogP contribution is 2.21. The summed E-state index contributed by atoms with van der Waals surface area (Å²) in [5.41, 5.74) is 5.84. The van der Waals surface area contributed by atoms with Crippen LogP contribution in [0.15, 0.2) is 66.9 Å². The number of aromatic nitrogens is 1. The van der Waals surface area contributed by atoms with Crippen LogP contribution in [0.4, 0.5) is 0 Å². The second-order valence-electron chi connectivity index (χ2n) is 8.21. The number of benzene rings is 2. The summed E-state index contributed by atoms with van der Waals surface area (Å²) in [7, 11) is 0. The summed E-state index contributed by atoms with van der Waals surface area (Å²) < 4.78 is 2.35. The molecule has 3 aromatic rings. The Morgan fingerprint density at radius 2 is 1.59 bits per heavy atom. The second kappa shape index (κ2) is 9.58. The Morgan fingerprint density at radius 3 is 2.28 bits per heavy atom. The molecule has 1 heterocycles. The van der Waals surface area contributed by atoms with Crippen molar-refractivity contribution in [3.05, 3.63) is 94.8 Å². The number of nitriles is 1. The molecule has 1 unspecified atom stereocenters. The quantitative estimate of drug-likeness (QED) is 0.493. The van der Waals surface area contributed by atoms with Crippen molar-refractivity contribution in [3.63, 3.8) is 0 Å². The van der Waals surface area contributed by atoms with Crippen molar-refractivity contribution >= 4 is 0 Å². The van der Waals surface area contributed by atoms with Gasteiger partial charge in [0, 0.05) is 37.6 Å². The minimum absolute atomic E-state index is 0.406. The molecule has 0 N–H and O–H groups in total. The number of aryl methyl sites for hydroxylation is 1. The SMILES string of the molecule is Cc1ccccc1Cn1cccc1CN(Cc1ccccc1C#N)C(C)C(C)C. The molecule has 29 heavy (non-hydrogen) atoms. The van der Waals surface area contributed by atoms with Crippen molar-refractivity contribution in [2.45, 2.75) is 53.4 Å². The van der Waals surface area contributed by atoms with Gasteiger partial charge in [-0.15, -0.1) is 0 Å². The van der Waals surface area contributed by atoms with E-state index in [4.69, 9.17) is 0 Å². The molecule has 1 atom stereocenters. The Bertz CT molecular complexity index is 977. The molecule has 0 aliphatic heterocycles. The lowest BCUT2D eigenvalue weighted by molar-refractivity contribution is 0.148. The molecule has 0 aliphatic rings. The van der Waals surface area contributed by atoms with E-state index in [1.165, 1.54) is 16.8 Å². The van der Waals surface area contributed by atoms with Gasteiger partial charge < -0.3 is 4.57 Å². The van der Waals surface area contributed by atoms with Crippen molar-refractivity contribution in [1.82, 2.24) is 9.47 Å². The summed E-state index contributed by atoms with van der Waals surface area (Å²) in [5.74, 6) is 0.532. The molecular formula is C26H31N3. The van der Waals surface area contributed by atoms with Gasteiger partial charge in [0.2, 0.25) is 0 Å². The smallest absolute Gasteiger partial charge is 0.0995 e. The molecule has 3 heteroatoms. The standard InChI is InChI=1S/C26H31N3/c1-20(2)22(4)29(18-25-13-8-7-11-23(25)16-27)19-26-14-9-15-28(26)17-24-12-6-5-10-21(24)3/h5-15,20,22H,17-19H2,1-4H3. The summed E-state index contributed by atoms with van der Waals surface area (Å²) >= 11 is 0. The van der Waals surface area contributed by atoms with Crippen LogP contribution < -0.4 is 0 Å². The molecule has 1 aromatic heterocycles. The Labute approximate surface area is 175 Å². The lowest BCUT2D eigenvalue weighted by atomic mass is 10.0. The molecule has 0 radical (unpaired) electrons. The molecule has 0 aliphatic carbocycles. The molecule has 3 nitrogen and oxygen atoms in total. The maximum absolute atomic E-state index is 9.50. The van der Waals surface area contributed by atoms with Crippen LogP contribution in [-0.4, -0.2) is 15.5 Å². The highest BCUT2D eigenvalue weighted by molar-refractivity contribution is 5.37. The topological polar surface area (TPSA) is 32.0 Å². The fourth-order valence-electron chi connectivity index (χ4n) is 3.68. The van der Waals surface area contributed by atoms with Gasteiger partial charge in [-0.25, -0.2) is 0 Å². The number of rotatable bonds is 8. The van der Waals surface area contributed by atoms with Crippen LogP contribution in [0.25, 0.3) is 0 Å². The van der Waals surface area contributed by atoms with E-state index >= 15 is 0 Å². The number of nitrogens with zero attached hydrogens (tertiary/aromatic N) is 3. The predicted octanol–water partition coefficient (Wildman–Crippen LogP) is 5.76. The van der Waals surface area contributed by atoms with Gasteiger partial charge in [-0.2, -0.15) is 5.26 Å². The molecule has 0 bridgehead atoms. The van der Waals surface area contributed by atoms with Gasteiger partial charge in [0.05, 0.1) is 11.6 Å². The average molecular weight is 386 g/mol. The Hall–Kier alpha value is -2.83. The molecule has 3 rings (SSSR count). The molecule has 0 saturated carbocycles. The Morgan fingerprint density at radius 1 is 0.897 bits per heavy atom. The van der Waals surface area contributed by atoms with E-state index < -0.39 is 0 Å². The zero-order valence-electron chi connectivity index (χ0n) is 18.0. The monoisotopic (exact) mass is 385 g/mol. The second-order valence-corrected chi connectivity index (χ2v) is 8.21. The van der Waals surface area contributed by atoms with Crippen molar-refractivity contribution in [1.29, 1.82) is 5.26 Å². The van der Waals surface area contributed by atoms with E-state index in [1.807, 2.05) is 18.2 Å². The van der Waals surface area contributed by atoms with E-state index in [2.05, 4.69) is 91.9 Å². The summed E-state index contributed by atoms with van der Waals surface area (Å²) in [5, 5.41) is 9.50. The van der Waals surface area contributed by atoms with Crippen LogP contribution >= 0.6 is 0 Å². The Kier molecular flexibility index (Phi) is 6.90. The summed E-state index contributed by atoms with van der Waals surface area (Å²) in [4.78, 5) is 2.49. The third-order valence-corrected chi connectivity index (χ3v) is 5.94. The molecule has 0 fully saturated rings. The van der Waals surface area contributed by atoms with Crippen LogP contribution in [-0.2, 0) is 19.6 Å². The van der Waals surface area contributed by atoms with E-state index in [0.29, 0.717) is 12.0 Å². The lowest BCUT2D eigenvalue weighted by Crippen LogP contribution is -2.36. The summed E-state index contributed by atoms with van der Waals surface area (Å²) in [6.45, 7) is 11.5. The van der Waals surface area contributed by atoms with E-state index in [1.54, 1.807) is 0 Å². The van der Waals surface area contributed by atoms with Gasteiger partial charge in [-0.05, 0) is 54.7 Å². The zero-order chi connectivity index (χ0) is 20.8. The minimum atomic E-state index is 0.406. The number of hydrogen-bond donors (Lipinski definition) is 0. The molecular weight excluding hydrogens is 354 g/mol. The largest absolute Gasteiger partial charge is 0.346 e. The van der Waals surface area contributed by atoms with Crippen molar-refractivity contribution in [2.24, 2.45) is 5.92 Å². The van der Waals surface area contributed by atoms with Gasteiger partial charge in [0.1, 0.15) is 0 Å². The predicted molar refractivity (Wildman–Crippen MR) is 119 cm³/mol. The Balaban J connectivity index is 1.85. The molecule has 0 amide bonds. The van der Waals surface area contributed by atoms with Crippen LogP contribution in [0.3, 0.4) is 0 Å². The van der Waals surface area contributed by atoms with Crippen LogP contribution in [0, 0.1) is 24.2 Å². The molecule has 0 spiro atoms. The summed E-state index contributed by atoms with van der Waals surface area (Å²) in [6, 6.07) is 23.6. The van der Waals surface area contributed by atoms with Crippen LogP contribution in [0.5, 0.6) is 0 Å². The maximum Gasteiger partial charge on any atom is 0.0995 e. The highest BCUT2D eigenvalue weighted by Gasteiger charge is 2.20. The van der Waals surface area contributed by atoms with Gasteiger partial charge in [-0.1, -0.05) is 56.3 Å². The lowest BCUT2D eigenvalue weighted by Gasteiger charge is -2.32. The highest BCUT2D eigenvalue weighted by atomic mass is 15.2. The van der Waals surface area contributed by atoms with Gasteiger partial charge >= 0.3 is 0 Å². The molecule has 150 valence electrons. The maximum atomic E-state index is 9.50. The van der Waals surface area contributed by atoms with E-state index in [0.717, 1.165) is 30.8 Å². The van der Waals surface area contributed by atoms with E-state index in [9.17, 15) is 5.26 Å². The third kappa shape index (κ3) is 5.16. The molecule has 0 saturated heterocycles. The van der Waals surface area contributed by atoms with Crippen molar-refractivity contribution in [2.75, 3.05) is 0 Å². The fourth-order valence-corrected chi connectivity index (χ4v) is 3.68. The first-order chi connectivity index (χ1) is 14.0. The first kappa shape index (κ1) is 20.9. The average Bonchev–Trinajstić information content (AvgIpc) is 3.15. The van der Waals surface area contributed by atoms with Gasteiger partial charge in [0.25, 0.3) is 0 Å². The van der Waals surface area contributed by atoms with Crippen LogP contribution in [0.1, 0.15) is 48.7 Å². The zero-order valence-corrected chi connectivity index (χ0v) is 18.0. The first-order valence-corrected chi connectivity index (χ1v) is 10.4. The van der Waals surface area contributed by atoms with Gasteiger partial charge in [-0.3, -0.25) is 4.90 Å². The van der Waals surface area contributed by atoms with Crippen molar-refractivity contribution in [3.8, 4) is 6.07 Å². The van der Waals surface area contributed by atoms with Crippen LogP contribution in [0.2, 0.25) is 0 Å². The number of hydrogen-bond acceptors (Lipinski definition) is 2. The fraction of sp³-hybridized carbons (Fsp3) is 0.346. The third-order valence-electron chi connectivity index (χ3n) is 5.94. The van der Waals surface area contributed by atoms with Gasteiger partial charge in [0.15, 0.2) is 0 Å².